The second-order valence-corrected chi connectivity index (χ2v) is 6.40. The van der Waals surface area contributed by atoms with Crippen LogP contribution in [0.15, 0.2) is 0 Å². The maximum absolute atomic E-state index is 11.6. The maximum Gasteiger partial charge on any atom is 0.307 e. The Hall–Kier alpha value is -1.21. The summed E-state index contributed by atoms with van der Waals surface area (Å²) < 4.78 is 10.3. The van der Waals surface area contributed by atoms with Crippen LogP contribution in [0.25, 0.3) is 0 Å². The van der Waals surface area contributed by atoms with E-state index in [1.165, 1.54) is 32.1 Å². The summed E-state index contributed by atoms with van der Waals surface area (Å²) in [5.41, 5.74) is 0. The molecule has 0 aliphatic heterocycles. The molecule has 0 aromatic heterocycles. The molecular weight excluding hydrogens is 340 g/mol. The van der Waals surface area contributed by atoms with E-state index in [0.29, 0.717) is 13.0 Å². The Bertz CT molecular complexity index is 412. The molecule has 0 heterocycles. The molecule has 0 bridgehead atoms. The van der Waals surface area contributed by atoms with Gasteiger partial charge in [-0.05, 0) is 26.2 Å². The standard InChI is InChI=1S/C20H33ClO4/c1-3-13-18(4-2)25-20(23)15-14-19(22)24-17-12-10-8-6-5-7-9-11-16-21/h18H,4-12,14-17H2,1-2H3. The third kappa shape index (κ3) is 16.0. The molecule has 0 saturated carbocycles. The van der Waals surface area contributed by atoms with E-state index in [4.69, 9.17) is 21.1 Å². The first-order chi connectivity index (χ1) is 12.1. The average Bonchev–Trinajstić information content (AvgIpc) is 2.61. The Morgan fingerprint density at radius 2 is 1.48 bits per heavy atom. The van der Waals surface area contributed by atoms with Gasteiger partial charge >= 0.3 is 11.9 Å². The van der Waals surface area contributed by atoms with Crippen LogP contribution in [0.1, 0.15) is 84.5 Å². The van der Waals surface area contributed by atoms with E-state index < -0.39 is 5.97 Å². The van der Waals surface area contributed by atoms with E-state index in [9.17, 15) is 9.59 Å². The van der Waals surface area contributed by atoms with E-state index >= 15 is 0 Å². The third-order valence-electron chi connectivity index (χ3n) is 3.77. The van der Waals surface area contributed by atoms with Gasteiger partial charge in [0.1, 0.15) is 0 Å². The predicted octanol–water partition coefficient (Wildman–Crippen LogP) is 5.01. The zero-order valence-electron chi connectivity index (χ0n) is 15.8. The lowest BCUT2D eigenvalue weighted by molar-refractivity contribution is -0.152. The van der Waals surface area contributed by atoms with Gasteiger partial charge in [0.25, 0.3) is 0 Å². The molecule has 0 aliphatic rings. The van der Waals surface area contributed by atoms with Crippen LogP contribution in [-0.2, 0) is 19.1 Å². The lowest BCUT2D eigenvalue weighted by atomic mass is 10.1. The Labute approximate surface area is 158 Å². The topological polar surface area (TPSA) is 52.6 Å². The molecule has 0 saturated heterocycles. The molecule has 0 aliphatic carbocycles. The zero-order chi connectivity index (χ0) is 18.8. The number of alkyl halides is 1. The number of hydrogen-bond donors (Lipinski definition) is 0. The molecule has 4 nitrogen and oxygen atoms in total. The van der Waals surface area contributed by atoms with E-state index in [1.807, 2.05) is 6.92 Å². The zero-order valence-corrected chi connectivity index (χ0v) is 16.5. The average molecular weight is 373 g/mol. The van der Waals surface area contributed by atoms with Gasteiger partial charge in [0.05, 0.1) is 19.4 Å². The quantitative estimate of drug-likeness (QED) is 0.175. The molecule has 0 fully saturated rings. The van der Waals surface area contributed by atoms with Crippen LogP contribution in [0.2, 0.25) is 0 Å². The molecule has 0 spiro atoms. The monoisotopic (exact) mass is 372 g/mol. The fourth-order valence-corrected chi connectivity index (χ4v) is 2.50. The minimum absolute atomic E-state index is 0.0447. The van der Waals surface area contributed by atoms with Gasteiger partial charge in [0.15, 0.2) is 6.10 Å². The fraction of sp³-hybridized carbons (Fsp3) is 0.800. The number of carbonyl (C=O) groups is 2. The second-order valence-electron chi connectivity index (χ2n) is 6.02. The Morgan fingerprint density at radius 3 is 2.04 bits per heavy atom. The van der Waals surface area contributed by atoms with Crippen molar-refractivity contribution < 1.29 is 19.1 Å². The number of halogens is 1. The first kappa shape index (κ1) is 23.8. The molecule has 144 valence electrons. The maximum atomic E-state index is 11.6. The summed E-state index contributed by atoms with van der Waals surface area (Å²) in [6.07, 6.45) is 9.53. The van der Waals surface area contributed by atoms with Crippen molar-refractivity contribution in [1.82, 2.24) is 0 Å². The number of carbonyl (C=O) groups excluding carboxylic acids is 2. The summed E-state index contributed by atoms with van der Waals surface area (Å²) in [4.78, 5) is 23.2. The van der Waals surface area contributed by atoms with Gasteiger partial charge in [-0.15, -0.1) is 17.5 Å². The molecule has 5 heteroatoms. The van der Waals surface area contributed by atoms with Crippen molar-refractivity contribution in [2.45, 2.75) is 90.6 Å². The van der Waals surface area contributed by atoms with Gasteiger partial charge in [-0.2, -0.15) is 0 Å². The SMILES string of the molecule is CC#CC(CC)OC(=O)CCC(=O)OCCCCCCCCCCCl. The summed E-state index contributed by atoms with van der Waals surface area (Å²) in [5.74, 6) is 5.55. The summed E-state index contributed by atoms with van der Waals surface area (Å²) in [5, 5.41) is 0. The van der Waals surface area contributed by atoms with E-state index in [1.54, 1.807) is 6.92 Å². The van der Waals surface area contributed by atoms with Gasteiger partial charge in [-0.1, -0.05) is 51.4 Å². The second kappa shape index (κ2) is 17.6. The number of ether oxygens (including phenoxy) is 2. The van der Waals surface area contributed by atoms with Crippen LogP contribution in [0.3, 0.4) is 0 Å². The van der Waals surface area contributed by atoms with Gasteiger partial charge in [-0.3, -0.25) is 9.59 Å². The smallest absolute Gasteiger partial charge is 0.307 e. The Kier molecular flexibility index (Phi) is 16.8. The summed E-state index contributed by atoms with van der Waals surface area (Å²) in [6.45, 7) is 4.03. The highest BCUT2D eigenvalue weighted by molar-refractivity contribution is 6.17. The fourth-order valence-electron chi connectivity index (χ4n) is 2.31. The molecule has 0 aromatic rings. The molecule has 1 unspecified atom stereocenters. The van der Waals surface area contributed by atoms with Crippen molar-refractivity contribution in [3.05, 3.63) is 0 Å². The van der Waals surface area contributed by atoms with Crippen molar-refractivity contribution in [3.8, 4) is 11.8 Å². The molecule has 25 heavy (non-hydrogen) atoms. The van der Waals surface area contributed by atoms with Crippen molar-refractivity contribution in [3.63, 3.8) is 0 Å². The van der Waals surface area contributed by atoms with Crippen molar-refractivity contribution in [2.75, 3.05) is 12.5 Å². The predicted molar refractivity (Wildman–Crippen MR) is 101 cm³/mol. The molecule has 0 radical (unpaired) electrons. The number of unbranched alkanes of at least 4 members (excludes halogenated alkanes) is 7. The van der Waals surface area contributed by atoms with Crippen molar-refractivity contribution in [1.29, 1.82) is 0 Å². The van der Waals surface area contributed by atoms with Gasteiger partial charge in [0, 0.05) is 5.88 Å². The largest absolute Gasteiger partial charge is 0.466 e. The minimum Gasteiger partial charge on any atom is -0.466 e. The summed E-state index contributed by atoms with van der Waals surface area (Å²) in [6, 6.07) is 0. The normalized spacial score (nSPS) is 11.3. The van der Waals surface area contributed by atoms with Crippen LogP contribution in [0.5, 0.6) is 0 Å². The first-order valence-electron chi connectivity index (χ1n) is 9.47. The highest BCUT2D eigenvalue weighted by Crippen LogP contribution is 2.09. The van der Waals surface area contributed by atoms with Crippen LogP contribution in [-0.4, -0.2) is 30.5 Å². The Balaban J connectivity index is 3.52. The minimum atomic E-state index is -0.402. The number of esters is 2. The molecule has 0 amide bonds. The van der Waals surface area contributed by atoms with Crippen molar-refractivity contribution >= 4 is 23.5 Å². The van der Waals surface area contributed by atoms with Crippen LogP contribution in [0, 0.1) is 11.8 Å². The van der Waals surface area contributed by atoms with Gasteiger partial charge in [-0.25, -0.2) is 0 Å². The van der Waals surface area contributed by atoms with Crippen LogP contribution in [0.4, 0.5) is 0 Å². The number of rotatable bonds is 15. The molecule has 1 atom stereocenters. The molecule has 0 aromatic carbocycles. The van der Waals surface area contributed by atoms with Gasteiger partial charge in [0.2, 0.25) is 0 Å². The molecule has 0 rings (SSSR count). The van der Waals surface area contributed by atoms with Crippen LogP contribution < -0.4 is 0 Å². The first-order valence-corrected chi connectivity index (χ1v) is 10.0. The lowest BCUT2D eigenvalue weighted by Gasteiger charge is -2.10. The summed E-state index contributed by atoms with van der Waals surface area (Å²) >= 11 is 5.63. The summed E-state index contributed by atoms with van der Waals surface area (Å²) in [7, 11) is 0. The Morgan fingerprint density at radius 1 is 0.920 bits per heavy atom. The van der Waals surface area contributed by atoms with E-state index in [-0.39, 0.29) is 24.9 Å². The van der Waals surface area contributed by atoms with Crippen molar-refractivity contribution in [2.24, 2.45) is 0 Å². The highest BCUT2D eigenvalue weighted by Gasteiger charge is 2.12. The van der Waals surface area contributed by atoms with E-state index in [0.717, 1.165) is 25.1 Å². The third-order valence-corrected chi connectivity index (χ3v) is 4.04. The molecular formula is C20H33ClO4. The lowest BCUT2D eigenvalue weighted by Crippen LogP contribution is -2.17. The highest BCUT2D eigenvalue weighted by atomic mass is 35.5. The van der Waals surface area contributed by atoms with Crippen LogP contribution >= 0.6 is 11.6 Å². The number of hydrogen-bond acceptors (Lipinski definition) is 4. The van der Waals surface area contributed by atoms with Gasteiger partial charge < -0.3 is 9.47 Å². The molecule has 0 N–H and O–H groups in total. The van der Waals surface area contributed by atoms with E-state index in [2.05, 4.69) is 11.8 Å².